The molecule has 1 N–H and O–H groups in total. The van der Waals surface area contributed by atoms with Crippen LogP contribution in [0.1, 0.15) is 35.3 Å². The number of rotatable bonds is 15. The predicted molar refractivity (Wildman–Crippen MR) is 188 cm³/mol. The van der Waals surface area contributed by atoms with Crippen molar-refractivity contribution in [3.63, 3.8) is 0 Å². The molecule has 0 aliphatic carbocycles. The number of benzene rings is 3. The largest absolute Gasteiger partial charge is 0.497 e. The summed E-state index contributed by atoms with van der Waals surface area (Å²) in [6.07, 6.45) is 3.18. The van der Waals surface area contributed by atoms with E-state index in [0.29, 0.717) is 11.5 Å². The molecular weight excluding hydrogens is 698 g/mol. The SMILES string of the molecule is COC(=O)C(C)(C)Cn1cc(-c2cc(F)c(NC(=O)c3c(OCc4ccc(OC)cc4)nc(SC)nc3OCc3ccc(OC)cc3)c(F)c2)nn1. The molecule has 13 nitrogen and oxygen atoms in total. The standard InChI is InChI=1S/C36H36F2N6O7S/c1-36(2,34(46)49-5)20-44-17-28(42-43-44)23-15-26(37)30(27(38)16-23)39-31(45)29-32(50-18-21-7-11-24(47-3)12-8-21)40-35(52-6)41-33(29)51-19-22-9-13-25(48-4)14-10-22/h7-17H,18-20H2,1-6H3,(H,39,45). The maximum atomic E-state index is 15.6. The highest BCUT2D eigenvalue weighted by atomic mass is 32.2. The third-order valence-electron chi connectivity index (χ3n) is 7.71. The quantitative estimate of drug-likeness (QED) is 0.0725. The van der Waals surface area contributed by atoms with Crippen molar-refractivity contribution >= 4 is 29.3 Å². The summed E-state index contributed by atoms with van der Waals surface area (Å²) in [5.74, 6) is -2.66. The second-order valence-corrected chi connectivity index (χ2v) is 12.7. The molecule has 0 atom stereocenters. The number of aromatic nitrogens is 5. The van der Waals surface area contributed by atoms with E-state index in [1.54, 1.807) is 82.9 Å². The Morgan fingerprint density at radius 3 is 1.83 bits per heavy atom. The van der Waals surface area contributed by atoms with Crippen LogP contribution in [0, 0.1) is 17.0 Å². The zero-order valence-electron chi connectivity index (χ0n) is 29.2. The van der Waals surface area contributed by atoms with Gasteiger partial charge in [0.15, 0.2) is 10.7 Å². The first-order valence-electron chi connectivity index (χ1n) is 15.7. The van der Waals surface area contributed by atoms with Gasteiger partial charge in [-0.1, -0.05) is 41.2 Å². The average molecular weight is 735 g/mol. The van der Waals surface area contributed by atoms with E-state index in [4.69, 9.17) is 23.7 Å². The van der Waals surface area contributed by atoms with Crippen LogP contribution in [0.4, 0.5) is 14.5 Å². The number of ether oxygens (including phenoxy) is 5. The minimum Gasteiger partial charge on any atom is -0.497 e. The van der Waals surface area contributed by atoms with E-state index >= 15 is 8.78 Å². The molecule has 52 heavy (non-hydrogen) atoms. The van der Waals surface area contributed by atoms with E-state index in [1.807, 2.05) is 0 Å². The third kappa shape index (κ3) is 8.93. The van der Waals surface area contributed by atoms with Crippen LogP contribution >= 0.6 is 11.8 Å². The van der Waals surface area contributed by atoms with Crippen LogP contribution in [0.15, 0.2) is 72.0 Å². The van der Waals surface area contributed by atoms with Crippen molar-refractivity contribution in [1.82, 2.24) is 25.0 Å². The summed E-state index contributed by atoms with van der Waals surface area (Å²) in [7, 11) is 4.38. The molecule has 2 heterocycles. The molecule has 5 aromatic rings. The highest BCUT2D eigenvalue weighted by Gasteiger charge is 2.30. The number of esters is 1. The number of nitrogens with zero attached hydrogens (tertiary/aromatic N) is 5. The van der Waals surface area contributed by atoms with Crippen LogP contribution in [0.3, 0.4) is 0 Å². The van der Waals surface area contributed by atoms with Gasteiger partial charge in [0.25, 0.3) is 5.91 Å². The summed E-state index contributed by atoms with van der Waals surface area (Å²) in [4.78, 5) is 34.8. The molecule has 0 aliphatic heterocycles. The lowest BCUT2D eigenvalue weighted by Crippen LogP contribution is -2.30. The van der Waals surface area contributed by atoms with Gasteiger partial charge in [-0.05, 0) is 67.6 Å². The Morgan fingerprint density at radius 2 is 1.37 bits per heavy atom. The number of methoxy groups -OCH3 is 3. The molecule has 0 saturated heterocycles. The normalized spacial score (nSPS) is 11.2. The molecule has 16 heteroatoms. The summed E-state index contributed by atoms with van der Waals surface area (Å²) in [6.45, 7) is 3.42. The van der Waals surface area contributed by atoms with E-state index < -0.39 is 34.6 Å². The Kier molecular flexibility index (Phi) is 11.9. The minimum absolute atomic E-state index is 0.0120. The maximum Gasteiger partial charge on any atom is 0.313 e. The van der Waals surface area contributed by atoms with Crippen molar-refractivity contribution in [3.05, 3.63) is 95.2 Å². The van der Waals surface area contributed by atoms with Crippen molar-refractivity contribution in [2.75, 3.05) is 32.9 Å². The lowest BCUT2D eigenvalue weighted by Gasteiger charge is -2.20. The molecule has 0 saturated carbocycles. The molecule has 0 bridgehead atoms. The summed E-state index contributed by atoms with van der Waals surface area (Å²) in [6, 6.07) is 16.1. The number of anilines is 1. The summed E-state index contributed by atoms with van der Waals surface area (Å²) in [5.41, 5.74) is -0.291. The Morgan fingerprint density at radius 1 is 0.846 bits per heavy atom. The molecule has 0 spiro atoms. The fourth-order valence-electron chi connectivity index (χ4n) is 4.91. The van der Waals surface area contributed by atoms with Gasteiger partial charge in [-0.2, -0.15) is 9.97 Å². The molecule has 0 unspecified atom stereocenters. The molecule has 2 aromatic heterocycles. The van der Waals surface area contributed by atoms with Crippen LogP contribution in [0.2, 0.25) is 0 Å². The van der Waals surface area contributed by atoms with E-state index in [-0.39, 0.29) is 53.5 Å². The van der Waals surface area contributed by atoms with E-state index in [9.17, 15) is 9.59 Å². The van der Waals surface area contributed by atoms with Gasteiger partial charge < -0.3 is 29.0 Å². The summed E-state index contributed by atoms with van der Waals surface area (Å²) < 4.78 is 59.9. The zero-order chi connectivity index (χ0) is 37.4. The number of amides is 1. The molecule has 0 radical (unpaired) electrons. The molecule has 1 amide bonds. The smallest absolute Gasteiger partial charge is 0.313 e. The van der Waals surface area contributed by atoms with Crippen LogP contribution in [-0.4, -0.2) is 64.4 Å². The lowest BCUT2D eigenvalue weighted by atomic mass is 9.94. The first kappa shape index (κ1) is 37.5. The van der Waals surface area contributed by atoms with E-state index in [0.717, 1.165) is 23.3 Å². The van der Waals surface area contributed by atoms with Crippen molar-refractivity contribution in [2.24, 2.45) is 5.41 Å². The minimum atomic E-state index is -1.09. The summed E-state index contributed by atoms with van der Waals surface area (Å²) in [5, 5.41) is 10.5. The highest BCUT2D eigenvalue weighted by Crippen LogP contribution is 2.33. The fraction of sp³-hybridized carbons (Fsp3) is 0.278. The lowest BCUT2D eigenvalue weighted by molar-refractivity contribution is -0.151. The number of hydrogen-bond donors (Lipinski definition) is 1. The average Bonchev–Trinajstić information content (AvgIpc) is 3.61. The van der Waals surface area contributed by atoms with Gasteiger partial charge in [-0.15, -0.1) is 5.10 Å². The number of carbonyl (C=O) groups is 2. The van der Waals surface area contributed by atoms with Gasteiger partial charge in [0, 0.05) is 5.56 Å². The first-order chi connectivity index (χ1) is 24.9. The van der Waals surface area contributed by atoms with Gasteiger partial charge in [0.2, 0.25) is 11.8 Å². The topological polar surface area (TPSA) is 149 Å². The van der Waals surface area contributed by atoms with Crippen molar-refractivity contribution in [1.29, 1.82) is 0 Å². The van der Waals surface area contributed by atoms with Gasteiger partial charge >= 0.3 is 5.97 Å². The van der Waals surface area contributed by atoms with Crippen LogP contribution < -0.4 is 24.3 Å². The van der Waals surface area contributed by atoms with E-state index in [2.05, 4.69) is 25.6 Å². The van der Waals surface area contributed by atoms with Gasteiger partial charge in [0.05, 0.1) is 39.5 Å². The van der Waals surface area contributed by atoms with E-state index in [1.165, 1.54) is 29.8 Å². The van der Waals surface area contributed by atoms with Gasteiger partial charge in [-0.3, -0.25) is 14.3 Å². The van der Waals surface area contributed by atoms with Crippen LogP contribution in [0.25, 0.3) is 11.3 Å². The van der Waals surface area contributed by atoms with Crippen LogP contribution in [0.5, 0.6) is 23.3 Å². The number of thioether (sulfide) groups is 1. The second kappa shape index (κ2) is 16.5. The zero-order valence-corrected chi connectivity index (χ0v) is 30.0. The number of carbonyl (C=O) groups excluding carboxylic acids is 2. The van der Waals surface area contributed by atoms with Gasteiger partial charge in [-0.25, -0.2) is 8.78 Å². The Bertz CT molecular complexity index is 1950. The highest BCUT2D eigenvalue weighted by molar-refractivity contribution is 7.98. The molecule has 3 aromatic carbocycles. The summed E-state index contributed by atoms with van der Waals surface area (Å²) >= 11 is 1.18. The van der Waals surface area contributed by atoms with Crippen molar-refractivity contribution in [3.8, 4) is 34.5 Å². The van der Waals surface area contributed by atoms with Crippen LogP contribution in [-0.2, 0) is 29.3 Å². The van der Waals surface area contributed by atoms with Crippen molar-refractivity contribution < 1.29 is 42.1 Å². The van der Waals surface area contributed by atoms with Gasteiger partial charge in [0.1, 0.15) is 47.7 Å². The molecule has 5 rings (SSSR count). The Labute approximate surface area is 302 Å². The number of halogens is 2. The Hall–Kier alpha value is -5.77. The van der Waals surface area contributed by atoms with Crippen molar-refractivity contribution in [2.45, 2.75) is 38.8 Å². The fourth-order valence-corrected chi connectivity index (χ4v) is 5.26. The molecule has 272 valence electrons. The maximum absolute atomic E-state index is 15.6. The number of nitrogens with one attached hydrogen (secondary N) is 1. The monoisotopic (exact) mass is 734 g/mol. The molecular formula is C36H36F2N6O7S. The molecule has 0 fully saturated rings. The third-order valence-corrected chi connectivity index (χ3v) is 8.26. The molecule has 0 aliphatic rings. The number of hydrogen-bond acceptors (Lipinski definition) is 12. The first-order valence-corrected chi connectivity index (χ1v) is 16.9. The predicted octanol–water partition coefficient (Wildman–Crippen LogP) is 6.36. The Balaban J connectivity index is 1.45. The second-order valence-electron chi connectivity index (χ2n) is 11.9.